The smallest absolute Gasteiger partial charge is 0.363 e. The van der Waals surface area contributed by atoms with E-state index in [-0.39, 0.29) is 23.7 Å². The van der Waals surface area contributed by atoms with E-state index >= 15 is 0 Å². The number of halogens is 3. The monoisotopic (exact) mass is 426 g/mol. The van der Waals surface area contributed by atoms with Crippen molar-refractivity contribution in [1.82, 2.24) is 9.78 Å². The molecule has 1 amide bonds. The highest BCUT2D eigenvalue weighted by molar-refractivity contribution is 6.09. The highest BCUT2D eigenvalue weighted by atomic mass is 19.4. The van der Waals surface area contributed by atoms with E-state index in [1.54, 1.807) is 29.2 Å². The molecule has 0 aliphatic carbocycles. The molecule has 2 aliphatic rings. The SMILES string of the molecule is O=C(c1cnn2c1N[C@H](c1ccccc1)C[C@H]2C(F)(F)F)N1CCCc2ccccc21. The number of carbonyl (C=O) groups excluding carboxylic acids is 1. The first kappa shape index (κ1) is 19.7. The highest BCUT2D eigenvalue weighted by Gasteiger charge is 2.47. The van der Waals surface area contributed by atoms with Crippen LogP contribution in [0.4, 0.5) is 24.7 Å². The summed E-state index contributed by atoms with van der Waals surface area (Å²) in [6.45, 7) is 0.519. The Balaban J connectivity index is 1.55. The Hall–Kier alpha value is -3.29. The fourth-order valence-corrected chi connectivity index (χ4v) is 4.51. The number of hydrogen-bond donors (Lipinski definition) is 1. The standard InChI is InChI=1S/C23H21F3N4O/c24-23(25,26)20-13-18(15-7-2-1-3-8-15)28-21-17(14-27-30(20)21)22(31)29-12-6-10-16-9-4-5-11-19(16)29/h1-5,7-9,11,14,18,20,28H,6,10,12-13H2/t18-,20-/m0/s1. The molecule has 0 saturated heterocycles. The van der Waals surface area contributed by atoms with E-state index in [2.05, 4.69) is 10.4 Å². The van der Waals surface area contributed by atoms with Gasteiger partial charge in [-0.25, -0.2) is 4.68 Å². The van der Waals surface area contributed by atoms with E-state index in [0.717, 1.165) is 34.3 Å². The zero-order valence-corrected chi connectivity index (χ0v) is 16.6. The topological polar surface area (TPSA) is 50.2 Å². The number of rotatable bonds is 2. The quantitative estimate of drug-likeness (QED) is 0.618. The van der Waals surface area contributed by atoms with Gasteiger partial charge >= 0.3 is 6.18 Å². The van der Waals surface area contributed by atoms with Gasteiger partial charge in [-0.15, -0.1) is 0 Å². The molecule has 0 unspecified atom stereocenters. The van der Waals surface area contributed by atoms with E-state index in [0.29, 0.717) is 6.54 Å². The summed E-state index contributed by atoms with van der Waals surface area (Å²) >= 11 is 0. The summed E-state index contributed by atoms with van der Waals surface area (Å²) in [6.07, 6.45) is -1.74. The van der Waals surface area contributed by atoms with Crippen molar-refractivity contribution in [2.45, 2.75) is 37.5 Å². The Morgan fingerprint density at radius 2 is 1.81 bits per heavy atom. The van der Waals surface area contributed by atoms with Crippen LogP contribution in [0.3, 0.4) is 0 Å². The number of aryl methyl sites for hydroxylation is 1. The van der Waals surface area contributed by atoms with Crippen molar-refractivity contribution in [3.05, 3.63) is 77.5 Å². The number of amides is 1. The minimum absolute atomic E-state index is 0.121. The van der Waals surface area contributed by atoms with Gasteiger partial charge in [0.05, 0.1) is 12.2 Å². The average molecular weight is 426 g/mol. The number of anilines is 2. The van der Waals surface area contributed by atoms with E-state index in [1.165, 1.54) is 6.20 Å². The first-order valence-corrected chi connectivity index (χ1v) is 10.3. The molecule has 1 aromatic heterocycles. The summed E-state index contributed by atoms with van der Waals surface area (Å²) in [7, 11) is 0. The predicted molar refractivity (Wildman–Crippen MR) is 111 cm³/mol. The third kappa shape index (κ3) is 3.45. The summed E-state index contributed by atoms with van der Waals surface area (Å²) in [6, 6.07) is 14.3. The number of hydrogen-bond acceptors (Lipinski definition) is 3. The third-order valence-corrected chi connectivity index (χ3v) is 6.03. The Labute approximate surface area is 177 Å². The maximum Gasteiger partial charge on any atom is 0.410 e. The molecule has 5 nitrogen and oxygen atoms in total. The maximum atomic E-state index is 13.9. The average Bonchev–Trinajstić information content (AvgIpc) is 3.21. The van der Waals surface area contributed by atoms with Crippen LogP contribution in [0.1, 0.15) is 46.4 Å². The van der Waals surface area contributed by atoms with Crippen LogP contribution in [0.2, 0.25) is 0 Å². The lowest BCUT2D eigenvalue weighted by molar-refractivity contribution is -0.173. The van der Waals surface area contributed by atoms with Gasteiger partial charge in [-0.1, -0.05) is 48.5 Å². The van der Waals surface area contributed by atoms with Gasteiger partial charge in [0.25, 0.3) is 5.91 Å². The van der Waals surface area contributed by atoms with Crippen molar-refractivity contribution < 1.29 is 18.0 Å². The van der Waals surface area contributed by atoms with Gasteiger partial charge in [-0.05, 0) is 30.0 Å². The highest BCUT2D eigenvalue weighted by Crippen LogP contribution is 2.44. The summed E-state index contributed by atoms with van der Waals surface area (Å²) < 4.78 is 42.6. The van der Waals surface area contributed by atoms with Gasteiger partial charge in [0.1, 0.15) is 11.4 Å². The zero-order valence-electron chi connectivity index (χ0n) is 16.6. The minimum Gasteiger partial charge on any atom is -0.363 e. The number of fused-ring (bicyclic) bond motifs is 2. The molecule has 0 fully saturated rings. The first-order chi connectivity index (χ1) is 14.9. The van der Waals surface area contributed by atoms with Crippen molar-refractivity contribution >= 4 is 17.4 Å². The molecule has 2 aromatic carbocycles. The summed E-state index contributed by atoms with van der Waals surface area (Å²) in [4.78, 5) is 15.1. The van der Waals surface area contributed by atoms with Crippen molar-refractivity contribution in [3.8, 4) is 0 Å². The van der Waals surface area contributed by atoms with Gasteiger partial charge in [-0.3, -0.25) is 4.79 Å². The molecule has 0 radical (unpaired) electrons. The first-order valence-electron chi connectivity index (χ1n) is 10.3. The molecule has 3 heterocycles. The van der Waals surface area contributed by atoms with E-state index < -0.39 is 18.3 Å². The molecule has 0 bridgehead atoms. The van der Waals surface area contributed by atoms with Crippen LogP contribution in [0.25, 0.3) is 0 Å². The molecule has 3 aromatic rings. The molecule has 2 aliphatic heterocycles. The van der Waals surface area contributed by atoms with Gasteiger partial charge in [0, 0.05) is 18.7 Å². The van der Waals surface area contributed by atoms with Crippen molar-refractivity contribution in [2.24, 2.45) is 0 Å². The number of para-hydroxylation sites is 1. The van der Waals surface area contributed by atoms with Crippen LogP contribution in [0, 0.1) is 0 Å². The molecule has 160 valence electrons. The second-order valence-corrected chi connectivity index (χ2v) is 7.94. The zero-order chi connectivity index (χ0) is 21.6. The number of nitrogens with zero attached hydrogens (tertiary/aromatic N) is 3. The van der Waals surface area contributed by atoms with Gasteiger partial charge < -0.3 is 10.2 Å². The maximum absolute atomic E-state index is 13.9. The summed E-state index contributed by atoms with van der Waals surface area (Å²) in [5.41, 5.74) is 2.77. The van der Waals surface area contributed by atoms with E-state index in [4.69, 9.17) is 0 Å². The Bertz CT molecular complexity index is 1110. The number of alkyl halides is 3. The largest absolute Gasteiger partial charge is 0.410 e. The Morgan fingerprint density at radius 3 is 2.58 bits per heavy atom. The second-order valence-electron chi connectivity index (χ2n) is 7.94. The van der Waals surface area contributed by atoms with Crippen LogP contribution in [0.15, 0.2) is 60.8 Å². The van der Waals surface area contributed by atoms with Crippen molar-refractivity contribution in [2.75, 3.05) is 16.8 Å². The fourth-order valence-electron chi connectivity index (χ4n) is 4.51. The number of aromatic nitrogens is 2. The summed E-state index contributed by atoms with van der Waals surface area (Å²) in [5, 5.41) is 7.15. The van der Waals surface area contributed by atoms with E-state index in [1.807, 2.05) is 30.3 Å². The van der Waals surface area contributed by atoms with Crippen LogP contribution in [-0.4, -0.2) is 28.4 Å². The van der Waals surface area contributed by atoms with Crippen LogP contribution >= 0.6 is 0 Å². The molecule has 5 rings (SSSR count). The minimum atomic E-state index is -4.48. The molecule has 0 spiro atoms. The lowest BCUT2D eigenvalue weighted by Crippen LogP contribution is -2.38. The van der Waals surface area contributed by atoms with Gasteiger partial charge in [0.15, 0.2) is 6.04 Å². The molecule has 2 atom stereocenters. The molecule has 8 heteroatoms. The van der Waals surface area contributed by atoms with Crippen molar-refractivity contribution in [3.63, 3.8) is 0 Å². The molecular formula is C23H21F3N4O. The fraction of sp³-hybridized carbons (Fsp3) is 0.304. The molecule has 1 N–H and O–H groups in total. The molecular weight excluding hydrogens is 405 g/mol. The summed E-state index contributed by atoms with van der Waals surface area (Å²) in [5.74, 6) is -0.217. The molecule has 0 saturated carbocycles. The number of benzene rings is 2. The second kappa shape index (κ2) is 7.44. The van der Waals surface area contributed by atoms with Crippen LogP contribution in [-0.2, 0) is 6.42 Å². The molecule has 31 heavy (non-hydrogen) atoms. The van der Waals surface area contributed by atoms with Crippen molar-refractivity contribution in [1.29, 1.82) is 0 Å². The number of carbonyl (C=O) groups is 1. The lowest BCUT2D eigenvalue weighted by Gasteiger charge is -2.34. The lowest BCUT2D eigenvalue weighted by atomic mass is 9.96. The predicted octanol–water partition coefficient (Wildman–Crippen LogP) is 5.14. The Morgan fingerprint density at radius 1 is 1.06 bits per heavy atom. The van der Waals surface area contributed by atoms with Crippen LogP contribution in [0.5, 0.6) is 0 Å². The Kier molecular flexibility index (Phi) is 4.72. The normalized spacial score (nSPS) is 20.5. The van der Waals surface area contributed by atoms with Gasteiger partial charge in [-0.2, -0.15) is 18.3 Å². The van der Waals surface area contributed by atoms with Crippen LogP contribution < -0.4 is 10.2 Å². The number of nitrogens with one attached hydrogen (secondary N) is 1. The van der Waals surface area contributed by atoms with Gasteiger partial charge in [0.2, 0.25) is 0 Å². The third-order valence-electron chi connectivity index (χ3n) is 6.03. The van der Waals surface area contributed by atoms with E-state index in [9.17, 15) is 18.0 Å².